The van der Waals surface area contributed by atoms with Crippen LogP contribution in [-0.4, -0.2) is 38.8 Å². The molecule has 0 saturated heterocycles. The predicted octanol–water partition coefficient (Wildman–Crippen LogP) is 1.03. The van der Waals surface area contributed by atoms with Crippen molar-refractivity contribution in [2.45, 2.75) is 12.7 Å². The average molecular weight is 370 g/mol. The Labute approximate surface area is 141 Å². The third-order valence-corrected chi connectivity index (χ3v) is 5.13. The number of sulfonamides is 1. The van der Waals surface area contributed by atoms with Gasteiger partial charge in [-0.1, -0.05) is 0 Å². The fraction of sp³-hybridized carbons (Fsp3) is 0.286. The number of nitrogens with one attached hydrogen (secondary N) is 1. The standard InChI is InChI=1S/C14H18N4O4S2/c1-3-24(21,22)18-11-6-4-10(5-7-11)14-16-12(8-13(15)17-14)9-23(2,19)20/h4-8,18H,3,9H2,1-2H3,(H2,15,16,17). The number of benzene rings is 1. The smallest absolute Gasteiger partial charge is 0.232 e. The maximum Gasteiger partial charge on any atom is 0.232 e. The molecule has 2 rings (SSSR count). The van der Waals surface area contributed by atoms with Crippen molar-refractivity contribution >= 4 is 31.4 Å². The third-order valence-electron chi connectivity index (χ3n) is 3.01. The van der Waals surface area contributed by atoms with Crippen LogP contribution in [0.2, 0.25) is 0 Å². The summed E-state index contributed by atoms with van der Waals surface area (Å²) >= 11 is 0. The molecule has 3 N–H and O–H groups in total. The van der Waals surface area contributed by atoms with Crippen molar-refractivity contribution in [2.75, 3.05) is 22.5 Å². The Bertz CT molecular complexity index is 939. The van der Waals surface area contributed by atoms with Gasteiger partial charge < -0.3 is 5.73 Å². The molecule has 0 fully saturated rings. The molecule has 0 radical (unpaired) electrons. The van der Waals surface area contributed by atoms with Crippen molar-refractivity contribution < 1.29 is 16.8 Å². The Morgan fingerprint density at radius 3 is 2.25 bits per heavy atom. The number of nitrogens with two attached hydrogens (primary N) is 1. The van der Waals surface area contributed by atoms with E-state index in [9.17, 15) is 16.8 Å². The van der Waals surface area contributed by atoms with Crippen LogP contribution in [0.15, 0.2) is 30.3 Å². The van der Waals surface area contributed by atoms with Crippen LogP contribution in [0.3, 0.4) is 0 Å². The van der Waals surface area contributed by atoms with E-state index >= 15 is 0 Å². The molecule has 0 amide bonds. The molecule has 0 atom stereocenters. The largest absolute Gasteiger partial charge is 0.384 e. The molecule has 10 heteroatoms. The molecular formula is C14H18N4O4S2. The number of sulfone groups is 1. The fourth-order valence-corrected chi connectivity index (χ4v) is 3.25. The van der Waals surface area contributed by atoms with Crippen molar-refractivity contribution in [1.29, 1.82) is 0 Å². The van der Waals surface area contributed by atoms with E-state index < -0.39 is 19.9 Å². The van der Waals surface area contributed by atoms with Crippen LogP contribution in [0.25, 0.3) is 11.4 Å². The lowest BCUT2D eigenvalue weighted by Crippen LogP contribution is -2.14. The van der Waals surface area contributed by atoms with Gasteiger partial charge in [-0.15, -0.1) is 0 Å². The minimum absolute atomic E-state index is 0.0259. The van der Waals surface area contributed by atoms with Gasteiger partial charge in [0, 0.05) is 23.6 Å². The predicted molar refractivity (Wildman–Crippen MR) is 93.5 cm³/mol. The number of hydrogen-bond donors (Lipinski definition) is 2. The first-order valence-electron chi connectivity index (χ1n) is 7.00. The Morgan fingerprint density at radius 2 is 1.71 bits per heavy atom. The molecule has 0 spiro atoms. The molecule has 1 heterocycles. The second kappa shape index (κ2) is 6.73. The van der Waals surface area contributed by atoms with E-state index in [1.165, 1.54) is 6.07 Å². The zero-order valence-corrected chi connectivity index (χ0v) is 14.9. The molecule has 0 unspecified atom stereocenters. The van der Waals surface area contributed by atoms with Crippen molar-refractivity contribution in [3.8, 4) is 11.4 Å². The van der Waals surface area contributed by atoms with Gasteiger partial charge in [0.1, 0.15) is 5.82 Å². The highest BCUT2D eigenvalue weighted by molar-refractivity contribution is 7.92. The minimum Gasteiger partial charge on any atom is -0.384 e. The molecule has 2 aromatic rings. The topological polar surface area (TPSA) is 132 Å². The Morgan fingerprint density at radius 1 is 1.08 bits per heavy atom. The summed E-state index contributed by atoms with van der Waals surface area (Å²) in [6, 6.07) is 7.82. The molecule has 8 nitrogen and oxygen atoms in total. The van der Waals surface area contributed by atoms with Gasteiger partial charge in [0.25, 0.3) is 0 Å². The van der Waals surface area contributed by atoms with Crippen LogP contribution < -0.4 is 10.5 Å². The first-order valence-corrected chi connectivity index (χ1v) is 10.7. The molecule has 0 saturated carbocycles. The normalized spacial score (nSPS) is 12.1. The monoisotopic (exact) mass is 370 g/mol. The highest BCUT2D eigenvalue weighted by Gasteiger charge is 2.11. The summed E-state index contributed by atoms with van der Waals surface area (Å²) in [5, 5.41) is 0. The van der Waals surface area contributed by atoms with Crippen LogP contribution in [0.1, 0.15) is 12.6 Å². The van der Waals surface area contributed by atoms with Gasteiger partial charge >= 0.3 is 0 Å². The first-order chi connectivity index (χ1) is 11.1. The van der Waals surface area contributed by atoms with Gasteiger partial charge in [0.05, 0.1) is 17.2 Å². The van der Waals surface area contributed by atoms with Crippen LogP contribution in [-0.2, 0) is 25.6 Å². The van der Waals surface area contributed by atoms with E-state index in [4.69, 9.17) is 5.73 Å². The Balaban J connectivity index is 2.32. The Hall–Kier alpha value is -2.20. The van der Waals surface area contributed by atoms with Gasteiger partial charge in [-0.3, -0.25) is 4.72 Å². The highest BCUT2D eigenvalue weighted by atomic mass is 32.2. The maximum absolute atomic E-state index is 11.5. The van der Waals surface area contributed by atoms with Crippen LogP contribution in [0.4, 0.5) is 11.5 Å². The van der Waals surface area contributed by atoms with Crippen LogP contribution in [0, 0.1) is 0 Å². The van der Waals surface area contributed by atoms with E-state index in [1.807, 2.05) is 0 Å². The molecule has 130 valence electrons. The van der Waals surface area contributed by atoms with Crippen molar-refractivity contribution in [2.24, 2.45) is 0 Å². The third kappa shape index (κ3) is 5.17. The zero-order valence-electron chi connectivity index (χ0n) is 13.2. The van der Waals surface area contributed by atoms with Crippen LogP contribution >= 0.6 is 0 Å². The van der Waals surface area contributed by atoms with Gasteiger partial charge in [0.2, 0.25) is 10.0 Å². The van der Waals surface area contributed by atoms with Crippen molar-refractivity contribution in [1.82, 2.24) is 9.97 Å². The summed E-state index contributed by atoms with van der Waals surface area (Å²) in [5.74, 6) is 0.177. The lowest BCUT2D eigenvalue weighted by molar-refractivity contribution is 0.599. The molecule has 1 aromatic carbocycles. The number of aromatic nitrogens is 2. The van der Waals surface area contributed by atoms with Gasteiger partial charge in [-0.25, -0.2) is 26.8 Å². The zero-order chi connectivity index (χ0) is 18.0. The first kappa shape index (κ1) is 18.1. The van der Waals surface area contributed by atoms with E-state index in [0.29, 0.717) is 16.9 Å². The average Bonchev–Trinajstić information content (AvgIpc) is 2.45. The summed E-state index contributed by atoms with van der Waals surface area (Å²) in [4.78, 5) is 8.29. The molecule has 0 aliphatic heterocycles. The Kier molecular flexibility index (Phi) is 5.09. The number of rotatable bonds is 6. The second-order valence-corrected chi connectivity index (χ2v) is 9.41. The lowest BCUT2D eigenvalue weighted by atomic mass is 10.2. The molecule has 0 aliphatic rings. The quantitative estimate of drug-likeness (QED) is 0.776. The van der Waals surface area contributed by atoms with Crippen molar-refractivity contribution in [3.05, 3.63) is 36.0 Å². The lowest BCUT2D eigenvalue weighted by Gasteiger charge is -2.08. The highest BCUT2D eigenvalue weighted by Crippen LogP contribution is 2.20. The number of nitrogen functional groups attached to an aromatic ring is 1. The molecule has 24 heavy (non-hydrogen) atoms. The minimum atomic E-state index is -3.35. The van der Waals surface area contributed by atoms with E-state index in [-0.39, 0.29) is 23.1 Å². The summed E-state index contributed by atoms with van der Waals surface area (Å²) in [6.07, 6.45) is 1.11. The SMILES string of the molecule is CCS(=O)(=O)Nc1ccc(-c2nc(N)cc(CS(C)(=O)=O)n2)cc1. The van der Waals surface area contributed by atoms with E-state index in [0.717, 1.165) is 6.26 Å². The summed E-state index contributed by atoms with van der Waals surface area (Å²) < 4.78 is 48.3. The van der Waals surface area contributed by atoms with Gasteiger partial charge in [-0.05, 0) is 31.2 Å². The number of hydrogen-bond acceptors (Lipinski definition) is 7. The maximum atomic E-state index is 11.5. The number of nitrogens with zero attached hydrogens (tertiary/aromatic N) is 2. The fourth-order valence-electron chi connectivity index (χ4n) is 1.93. The van der Waals surface area contributed by atoms with Crippen molar-refractivity contribution in [3.63, 3.8) is 0 Å². The molecule has 0 bridgehead atoms. The van der Waals surface area contributed by atoms with Crippen LogP contribution in [0.5, 0.6) is 0 Å². The van der Waals surface area contributed by atoms with E-state index in [2.05, 4.69) is 14.7 Å². The number of anilines is 2. The molecule has 1 aromatic heterocycles. The van der Waals surface area contributed by atoms with E-state index in [1.54, 1.807) is 31.2 Å². The molecular weight excluding hydrogens is 352 g/mol. The van der Waals surface area contributed by atoms with Gasteiger partial charge in [-0.2, -0.15) is 0 Å². The second-order valence-electron chi connectivity index (χ2n) is 5.26. The summed E-state index contributed by atoms with van der Waals surface area (Å²) in [6.45, 7) is 1.54. The summed E-state index contributed by atoms with van der Waals surface area (Å²) in [7, 11) is -6.60. The molecule has 0 aliphatic carbocycles. The van der Waals surface area contributed by atoms with Gasteiger partial charge in [0.15, 0.2) is 15.7 Å². The summed E-state index contributed by atoms with van der Waals surface area (Å²) in [5.41, 5.74) is 7.02.